The van der Waals surface area contributed by atoms with Crippen LogP contribution in [-0.2, 0) is 10.8 Å². The van der Waals surface area contributed by atoms with Gasteiger partial charge in [-0.2, -0.15) is 0 Å². The number of hydrogen-bond donors (Lipinski definition) is 0. The minimum absolute atomic E-state index is 0. The Labute approximate surface area is 418 Å². The summed E-state index contributed by atoms with van der Waals surface area (Å²) >= 11 is 0. The van der Waals surface area contributed by atoms with Crippen molar-refractivity contribution in [2.24, 2.45) is 0 Å². The van der Waals surface area contributed by atoms with Gasteiger partial charge in [-0.05, 0) is 326 Å². The first-order valence-corrected chi connectivity index (χ1v) is 27.2. The van der Waals surface area contributed by atoms with Crippen LogP contribution in [0.1, 0.15) is 83.1 Å². The first-order valence-electron chi connectivity index (χ1n) is 27.2. The molecule has 308 valence electrons. The van der Waals surface area contributed by atoms with Gasteiger partial charge in [0.05, 0.1) is 0 Å². The van der Waals surface area contributed by atoms with E-state index in [1.165, 1.54) is 19.3 Å². The second kappa shape index (κ2) is 7.16. The molecular weight excluding hydrogens is 869 g/mol. The van der Waals surface area contributed by atoms with Gasteiger partial charge < -0.3 is 0 Å². The van der Waals surface area contributed by atoms with Gasteiger partial charge in [-0.25, -0.2) is 0 Å². The smallest absolute Gasteiger partial charge is 0.0366 e. The van der Waals surface area contributed by atoms with E-state index in [1.54, 1.807) is 291 Å². The van der Waals surface area contributed by atoms with Crippen molar-refractivity contribution in [2.45, 2.75) is 71.6 Å². The topological polar surface area (TPSA) is 0 Å². The van der Waals surface area contributed by atoms with Crippen molar-refractivity contribution >= 4 is 291 Å². The van der Waals surface area contributed by atoms with Gasteiger partial charge in [0, 0.05) is 48.6 Å². The van der Waals surface area contributed by atoms with Gasteiger partial charge in [-0.1, -0.05) is 48.0 Å². The second-order valence-corrected chi connectivity index (χ2v) is 24.4. The Bertz CT molecular complexity index is 6670. The largest absolute Gasteiger partial charge is 0.0683 e. The van der Waals surface area contributed by atoms with Crippen LogP contribution in [0.5, 0.6) is 0 Å². The van der Waals surface area contributed by atoms with E-state index >= 15 is 0 Å². The van der Waals surface area contributed by atoms with E-state index in [2.05, 4.69) is 0 Å². The monoisotopic (exact) mass is 892 g/mol. The zero-order valence-corrected chi connectivity index (χ0v) is 39.2. The quantitative estimate of drug-likeness (QED) is 0.133. The molecule has 0 heterocycles. The normalized spacial score (nSPS) is 21.7. The third-order valence-corrected chi connectivity index (χ3v) is 24.8. The van der Waals surface area contributed by atoms with Crippen molar-refractivity contribution in [3.8, 4) is 0 Å². The van der Waals surface area contributed by atoms with Gasteiger partial charge in [0.1, 0.15) is 0 Å². The van der Waals surface area contributed by atoms with E-state index in [9.17, 15) is 0 Å². The molecule has 0 amide bonds. The molecule has 0 radical (unpaired) electrons. The molecular formula is C69H24Ar. The maximum atomic E-state index is 2.00. The molecule has 1 heteroatoms. The van der Waals surface area contributed by atoms with Gasteiger partial charge in [0.2, 0.25) is 0 Å². The second-order valence-electron chi connectivity index (χ2n) is 24.4. The van der Waals surface area contributed by atoms with Crippen molar-refractivity contribution in [1.82, 2.24) is 0 Å². The van der Waals surface area contributed by atoms with Crippen LogP contribution >= 0.6 is 0 Å². The Hall–Kier alpha value is -6.28. The summed E-state index contributed by atoms with van der Waals surface area (Å²) in [5, 5.41) is 92.3. The summed E-state index contributed by atoms with van der Waals surface area (Å²) in [4.78, 5) is 0. The van der Waals surface area contributed by atoms with E-state index in [1.807, 2.05) is 63.8 Å². The van der Waals surface area contributed by atoms with Crippen molar-refractivity contribution < 1.29 is 37.7 Å². The van der Waals surface area contributed by atoms with Crippen LogP contribution in [0.3, 0.4) is 0 Å². The molecule has 70 heavy (non-hydrogen) atoms. The Balaban J connectivity index is 0.000000451. The molecule has 2 spiro atoms. The summed E-state index contributed by atoms with van der Waals surface area (Å²) in [6, 6.07) is 0. The van der Waals surface area contributed by atoms with Crippen LogP contribution in [0.15, 0.2) is 0 Å². The van der Waals surface area contributed by atoms with Crippen molar-refractivity contribution in [1.29, 1.82) is 0 Å². The first-order chi connectivity index (χ1) is 34.4. The summed E-state index contributed by atoms with van der Waals surface area (Å²) in [6.45, 7) is 12.0. The fraction of sp³-hybridized carbons (Fsp3) is 0.159. The molecule has 0 aliphatic heterocycles. The molecule has 5 aliphatic carbocycles. The van der Waals surface area contributed by atoms with Crippen molar-refractivity contribution in [3.05, 3.63) is 22.3 Å². The van der Waals surface area contributed by atoms with Crippen LogP contribution in [0.2, 0.25) is 0 Å². The summed E-state index contributed by atoms with van der Waals surface area (Å²) < 4.78 is 0. The zero-order valence-electron chi connectivity index (χ0n) is 38.5. The van der Waals surface area contributed by atoms with Gasteiger partial charge >= 0.3 is 0 Å². The van der Waals surface area contributed by atoms with E-state index in [4.69, 9.17) is 0 Å². The van der Waals surface area contributed by atoms with E-state index < -0.39 is 0 Å². The Morgan fingerprint density at radius 1 is 0.157 bits per heavy atom. The Morgan fingerprint density at radius 2 is 0.257 bits per heavy atom. The summed E-state index contributed by atoms with van der Waals surface area (Å²) in [6.07, 6.45) is 3.95. The minimum Gasteiger partial charge on any atom is -0.0683 e. The molecule has 0 bridgehead atoms. The molecule has 28 aromatic rings. The fourth-order valence-electron chi connectivity index (χ4n) is 25.1. The molecule has 0 nitrogen and oxygen atoms in total. The molecule has 33 rings (SSSR count). The molecule has 2 unspecified atom stereocenters. The predicted octanol–water partition coefficient (Wildman–Crippen LogP) is 20.6. The molecule has 5 aliphatic rings. The number of rotatable bonds is 0. The van der Waals surface area contributed by atoms with E-state index in [0.717, 1.165) is 0 Å². The summed E-state index contributed by atoms with van der Waals surface area (Å²) in [5.41, 5.74) is 7.42. The summed E-state index contributed by atoms with van der Waals surface area (Å²) in [5.74, 6) is 0. The SMILES string of the molecule is C1CC23c4c5c6c7c8c9c(c%10c%11c2c2c%12c4c4c%13c5c5c7c7c8c8c%14c9c%10c9c%10c%11c2c2c%11c%12c4c4c%12c%13c5c5c7c7c8c8c%14c9c9c%10c2c2c%11c4c4c%12c5c7c5c8c9c2c45)C63C1.CC.CC.CC.[Ar]. The average molecular weight is 893 g/mol. The number of benzene rings is 17. The van der Waals surface area contributed by atoms with Crippen LogP contribution < -0.4 is 0 Å². The molecule has 0 aromatic heterocycles. The van der Waals surface area contributed by atoms with E-state index in [0.29, 0.717) is 0 Å². The van der Waals surface area contributed by atoms with E-state index in [-0.39, 0.29) is 48.6 Å². The van der Waals surface area contributed by atoms with Gasteiger partial charge in [0.15, 0.2) is 0 Å². The molecule has 1 saturated carbocycles. The predicted molar refractivity (Wildman–Crippen MR) is 302 cm³/mol. The third-order valence-electron chi connectivity index (χ3n) is 24.8. The molecule has 0 N–H and O–H groups in total. The minimum atomic E-state index is -0.00162. The number of hydrogen-bond acceptors (Lipinski definition) is 0. The summed E-state index contributed by atoms with van der Waals surface area (Å²) in [7, 11) is 0. The standard InChI is InChI=1S/C63H6.3C2H6.Ar/c1-2-62-58-51-44-32-24-15-6-4-5-7-10(6)19-26(24)34-35-27(19)25-16(7)18-14-9(5)12-11-8(4)13-17(15)30(32)38-36-22(13)20(11)28-29-21(12)23(14)37-39-31(18)33(25)45-47(35)56(55(58)46(34)44)59-52(45)50(39)54-43(37)41(29)48-40(28)42(36)53(49(38)51)60(62)57(48)61(54)63(59,62)3-1;3*1-2;/h1-3H2;3*1-2H3;. The maximum Gasteiger partial charge on any atom is 0.0366 e. The average Bonchev–Trinajstić information content (AvgIpc) is 4.21. The van der Waals surface area contributed by atoms with Crippen LogP contribution in [0, 0.1) is 37.7 Å². The maximum absolute atomic E-state index is 2.00. The zero-order chi connectivity index (χ0) is 42.6. The van der Waals surface area contributed by atoms with Crippen LogP contribution in [0.4, 0.5) is 0 Å². The molecule has 28 aromatic carbocycles. The van der Waals surface area contributed by atoms with Crippen molar-refractivity contribution in [2.75, 3.05) is 0 Å². The van der Waals surface area contributed by atoms with Crippen LogP contribution in [0.25, 0.3) is 291 Å². The first kappa shape index (κ1) is 30.5. The van der Waals surface area contributed by atoms with Gasteiger partial charge in [-0.15, -0.1) is 0 Å². The van der Waals surface area contributed by atoms with Gasteiger partial charge in [-0.3, -0.25) is 0 Å². The molecule has 0 saturated heterocycles. The molecule has 1 fully saturated rings. The van der Waals surface area contributed by atoms with Crippen molar-refractivity contribution in [3.63, 3.8) is 0 Å². The Morgan fingerprint density at radius 3 is 0.429 bits per heavy atom. The third kappa shape index (κ3) is 1.62. The fourth-order valence-corrected chi connectivity index (χ4v) is 25.1. The van der Waals surface area contributed by atoms with Gasteiger partial charge in [0.25, 0.3) is 0 Å². The van der Waals surface area contributed by atoms with Crippen LogP contribution in [-0.4, -0.2) is 0 Å². The molecule has 2 atom stereocenters. The Kier molecular flexibility index (Phi) is 3.11.